The van der Waals surface area contributed by atoms with E-state index in [1.807, 2.05) is 73.6 Å². The van der Waals surface area contributed by atoms with Crippen LogP contribution in [-0.4, -0.2) is 0 Å². The molecular weight excluding hydrogens is 220 g/mol. The van der Waals surface area contributed by atoms with Gasteiger partial charge in [0.2, 0.25) is 0 Å². The van der Waals surface area contributed by atoms with Crippen LogP contribution in [0, 0.1) is 19.3 Å². The van der Waals surface area contributed by atoms with E-state index < -0.39 is 0 Å². The van der Waals surface area contributed by atoms with E-state index in [2.05, 4.69) is 0 Å². The lowest BCUT2D eigenvalue weighted by atomic mass is 10.1. The van der Waals surface area contributed by atoms with E-state index in [4.69, 9.17) is 0 Å². The fraction of sp³-hybridized carbons (Fsp3) is 0. The standard InChI is InChI=1S/C17H15O/c18-17(13-11-15-7-3-1-4-8-15)14-12-16-9-5-2-6-10-16/h1-14,18H/q-3/p-1/b17-13-. The van der Waals surface area contributed by atoms with E-state index in [1.165, 1.54) is 0 Å². The minimum Gasteiger partial charge on any atom is -0.892 e. The predicted molar refractivity (Wildman–Crippen MR) is 73.7 cm³/mol. The molecule has 0 saturated carbocycles. The van der Waals surface area contributed by atoms with Crippen LogP contribution in [0.2, 0.25) is 0 Å². The molecule has 0 aromatic heterocycles. The minimum absolute atomic E-state index is 0.0114. The molecule has 2 aliphatic carbocycles. The molecule has 1 nitrogen and oxygen atoms in total. The zero-order valence-corrected chi connectivity index (χ0v) is 9.99. The van der Waals surface area contributed by atoms with E-state index in [9.17, 15) is 5.11 Å². The highest BCUT2D eigenvalue weighted by atomic mass is 16.3. The first-order valence-electron chi connectivity index (χ1n) is 5.85. The molecule has 0 radical (unpaired) electrons. The van der Waals surface area contributed by atoms with Crippen molar-refractivity contribution in [3.05, 3.63) is 103 Å². The Morgan fingerprint density at radius 1 is 1.00 bits per heavy atom. The normalized spacial score (nSPS) is 22.1. The third-order valence-corrected chi connectivity index (χ3v) is 2.48. The Morgan fingerprint density at radius 2 is 1.67 bits per heavy atom. The summed E-state index contributed by atoms with van der Waals surface area (Å²) in [5, 5.41) is 11.6. The summed E-state index contributed by atoms with van der Waals surface area (Å²) in [6.45, 7) is 0. The summed E-state index contributed by atoms with van der Waals surface area (Å²) in [5.74, 6) is -0.0114. The van der Waals surface area contributed by atoms with Crippen molar-refractivity contribution in [3.63, 3.8) is 0 Å². The molecule has 92 valence electrons. The van der Waals surface area contributed by atoms with E-state index >= 15 is 0 Å². The van der Waals surface area contributed by atoms with Crippen LogP contribution in [0.3, 0.4) is 0 Å². The highest BCUT2D eigenvalue weighted by Gasteiger charge is 1.80. The summed E-state index contributed by atoms with van der Waals surface area (Å²) < 4.78 is 0. The van der Waals surface area contributed by atoms with Crippen molar-refractivity contribution in [1.82, 2.24) is 0 Å². The van der Waals surface area contributed by atoms with Crippen molar-refractivity contribution in [3.8, 4) is 0 Å². The Bertz CT molecular complexity index is 494. The lowest BCUT2D eigenvalue weighted by Crippen LogP contribution is -2.02. The van der Waals surface area contributed by atoms with Crippen LogP contribution in [0.4, 0.5) is 0 Å². The number of hydrogen-bond donors (Lipinski definition) is 0. The molecule has 1 heteroatoms. The SMILES string of the molecule is [O-]/C(=C\C=C1/C=CC=C[CH-]1)[CH-]/C=C1/C=CC=C[CH-]1. The molecule has 0 aromatic carbocycles. The van der Waals surface area contributed by atoms with Crippen molar-refractivity contribution in [2.45, 2.75) is 0 Å². The van der Waals surface area contributed by atoms with Gasteiger partial charge in [0.15, 0.2) is 0 Å². The van der Waals surface area contributed by atoms with Gasteiger partial charge in [-0.3, -0.25) is 0 Å². The van der Waals surface area contributed by atoms with Crippen molar-refractivity contribution in [2.24, 2.45) is 0 Å². The van der Waals surface area contributed by atoms with Crippen molar-refractivity contribution < 1.29 is 5.11 Å². The van der Waals surface area contributed by atoms with E-state index in [1.54, 1.807) is 12.5 Å². The molecular formula is C17H14O-4. The second kappa shape index (κ2) is 6.36. The van der Waals surface area contributed by atoms with Gasteiger partial charge in [0.05, 0.1) is 0 Å². The second-order valence-corrected chi connectivity index (χ2v) is 3.89. The largest absolute Gasteiger partial charge is 0.892 e. The Kier molecular flexibility index (Phi) is 4.26. The van der Waals surface area contributed by atoms with E-state index in [0.29, 0.717) is 0 Å². The van der Waals surface area contributed by atoms with Gasteiger partial charge in [0, 0.05) is 0 Å². The first-order chi connectivity index (χ1) is 8.84. The summed E-state index contributed by atoms with van der Waals surface area (Å²) in [6, 6.07) is 0. The summed E-state index contributed by atoms with van der Waals surface area (Å²) in [5.41, 5.74) is 2.05. The van der Waals surface area contributed by atoms with Gasteiger partial charge in [-0.1, -0.05) is 0 Å². The highest BCUT2D eigenvalue weighted by molar-refractivity contribution is 5.43. The maximum atomic E-state index is 11.6. The Hall–Kier alpha value is -2.41. The molecule has 0 heterocycles. The summed E-state index contributed by atoms with van der Waals surface area (Å²) in [6.07, 6.45) is 26.3. The second-order valence-electron chi connectivity index (χ2n) is 3.89. The highest BCUT2D eigenvalue weighted by Crippen LogP contribution is 2.12. The van der Waals surface area contributed by atoms with Crippen LogP contribution in [0.1, 0.15) is 0 Å². The van der Waals surface area contributed by atoms with Gasteiger partial charge in [0.25, 0.3) is 0 Å². The smallest absolute Gasteiger partial charge is 0.143 e. The molecule has 0 bridgehead atoms. The maximum Gasteiger partial charge on any atom is -0.143 e. The third-order valence-electron chi connectivity index (χ3n) is 2.48. The number of allylic oxidation sites excluding steroid dienone is 13. The minimum atomic E-state index is -0.0114. The van der Waals surface area contributed by atoms with Gasteiger partial charge < -0.3 is 5.11 Å². The molecule has 0 atom stereocenters. The van der Waals surface area contributed by atoms with Crippen molar-refractivity contribution in [2.75, 3.05) is 0 Å². The number of hydrogen-bond acceptors (Lipinski definition) is 1. The molecule has 0 aromatic rings. The van der Waals surface area contributed by atoms with Gasteiger partial charge in [-0.25, -0.2) is 29.9 Å². The first-order valence-corrected chi connectivity index (χ1v) is 5.85. The van der Waals surface area contributed by atoms with E-state index in [-0.39, 0.29) is 5.76 Å². The van der Waals surface area contributed by atoms with Crippen molar-refractivity contribution in [1.29, 1.82) is 0 Å². The van der Waals surface area contributed by atoms with Crippen LogP contribution in [0.25, 0.3) is 0 Å². The lowest BCUT2D eigenvalue weighted by Gasteiger charge is -2.23. The molecule has 0 spiro atoms. The fourth-order valence-corrected chi connectivity index (χ4v) is 1.54. The summed E-state index contributed by atoms with van der Waals surface area (Å²) >= 11 is 0. The monoisotopic (exact) mass is 234 g/mol. The van der Waals surface area contributed by atoms with E-state index in [0.717, 1.165) is 11.1 Å². The van der Waals surface area contributed by atoms with Crippen LogP contribution in [0.5, 0.6) is 0 Å². The fourth-order valence-electron chi connectivity index (χ4n) is 1.54. The predicted octanol–water partition coefficient (Wildman–Crippen LogP) is 2.95. The summed E-state index contributed by atoms with van der Waals surface area (Å²) in [4.78, 5) is 0. The maximum absolute atomic E-state index is 11.6. The Morgan fingerprint density at radius 3 is 2.28 bits per heavy atom. The average Bonchev–Trinajstić information content (AvgIpc) is 2.45. The lowest BCUT2D eigenvalue weighted by molar-refractivity contribution is -0.297. The van der Waals surface area contributed by atoms with Crippen LogP contribution < -0.4 is 5.11 Å². The van der Waals surface area contributed by atoms with Gasteiger partial charge in [-0.05, 0) is 0 Å². The van der Waals surface area contributed by atoms with Crippen LogP contribution >= 0.6 is 0 Å². The molecule has 0 N–H and O–H groups in total. The molecule has 0 unspecified atom stereocenters. The van der Waals surface area contributed by atoms with Crippen LogP contribution in [0.15, 0.2) is 83.7 Å². The molecule has 0 saturated heterocycles. The Labute approximate surface area is 109 Å². The van der Waals surface area contributed by atoms with Gasteiger partial charge in [-0.15, -0.1) is 36.8 Å². The van der Waals surface area contributed by atoms with Gasteiger partial charge in [0.1, 0.15) is 0 Å². The first kappa shape index (κ1) is 12.1. The van der Waals surface area contributed by atoms with Crippen molar-refractivity contribution >= 4 is 0 Å². The summed E-state index contributed by atoms with van der Waals surface area (Å²) in [7, 11) is 0. The zero-order chi connectivity index (χ0) is 12.6. The molecule has 0 amide bonds. The molecule has 2 aliphatic rings. The number of rotatable bonds is 3. The molecule has 18 heavy (non-hydrogen) atoms. The van der Waals surface area contributed by atoms with Crippen LogP contribution in [-0.2, 0) is 0 Å². The Balaban J connectivity index is 1.89. The molecule has 0 fully saturated rings. The van der Waals surface area contributed by atoms with Gasteiger partial charge in [-0.2, -0.15) is 36.3 Å². The quantitative estimate of drug-likeness (QED) is 0.544. The molecule has 0 aliphatic heterocycles. The topological polar surface area (TPSA) is 23.1 Å². The average molecular weight is 234 g/mol. The van der Waals surface area contributed by atoms with Gasteiger partial charge >= 0.3 is 0 Å². The zero-order valence-electron chi connectivity index (χ0n) is 9.99. The molecule has 2 rings (SSSR count). The third kappa shape index (κ3) is 3.87.